The molecule has 110 valence electrons. The SMILES string of the molecule is COC(=O)c1ccc(NC2CCCc3c2cnn3C)cc1. The molecule has 1 atom stereocenters. The molecule has 3 rings (SSSR count). The van der Waals surface area contributed by atoms with Gasteiger partial charge in [0.05, 0.1) is 24.9 Å². The van der Waals surface area contributed by atoms with Crippen LogP contribution in [0.2, 0.25) is 0 Å². The zero-order chi connectivity index (χ0) is 14.8. The number of aryl methyl sites for hydroxylation is 1. The first-order valence-electron chi connectivity index (χ1n) is 7.14. The van der Waals surface area contributed by atoms with E-state index in [0.717, 1.165) is 24.9 Å². The molecule has 1 aliphatic rings. The van der Waals surface area contributed by atoms with Gasteiger partial charge in [0, 0.05) is 24.0 Å². The van der Waals surface area contributed by atoms with Gasteiger partial charge in [-0.05, 0) is 43.5 Å². The minimum absolute atomic E-state index is 0.284. The molecule has 2 aromatic rings. The second-order valence-electron chi connectivity index (χ2n) is 5.33. The van der Waals surface area contributed by atoms with E-state index in [1.54, 1.807) is 12.1 Å². The van der Waals surface area contributed by atoms with Gasteiger partial charge in [-0.2, -0.15) is 5.10 Å². The number of fused-ring (bicyclic) bond motifs is 1. The van der Waals surface area contributed by atoms with Crippen LogP contribution in [0.4, 0.5) is 5.69 Å². The van der Waals surface area contributed by atoms with Crippen molar-refractivity contribution in [3.8, 4) is 0 Å². The molecule has 0 aliphatic heterocycles. The molecule has 21 heavy (non-hydrogen) atoms. The molecule has 0 saturated carbocycles. The predicted octanol–water partition coefficient (Wildman–Crippen LogP) is 2.70. The standard InChI is InChI=1S/C16H19N3O2/c1-19-15-5-3-4-14(13(15)10-17-19)18-12-8-6-11(7-9-12)16(20)21-2/h6-10,14,18H,3-5H2,1-2H3. The summed E-state index contributed by atoms with van der Waals surface area (Å²) in [5.41, 5.74) is 4.16. The number of carbonyl (C=O) groups excluding carboxylic acids is 1. The van der Waals surface area contributed by atoms with Gasteiger partial charge in [0.15, 0.2) is 0 Å². The summed E-state index contributed by atoms with van der Waals surface area (Å²) in [7, 11) is 3.38. The van der Waals surface area contributed by atoms with Gasteiger partial charge in [-0.15, -0.1) is 0 Å². The Morgan fingerprint density at radius 2 is 2.14 bits per heavy atom. The van der Waals surface area contributed by atoms with Crippen LogP contribution in [-0.2, 0) is 18.2 Å². The van der Waals surface area contributed by atoms with Crippen LogP contribution in [0.15, 0.2) is 30.5 Å². The smallest absolute Gasteiger partial charge is 0.337 e. The van der Waals surface area contributed by atoms with Gasteiger partial charge >= 0.3 is 5.97 Å². The minimum atomic E-state index is -0.311. The van der Waals surface area contributed by atoms with Gasteiger partial charge in [-0.25, -0.2) is 4.79 Å². The van der Waals surface area contributed by atoms with Crippen molar-refractivity contribution in [3.63, 3.8) is 0 Å². The Hall–Kier alpha value is -2.30. The third-order valence-corrected chi connectivity index (χ3v) is 4.02. The van der Waals surface area contributed by atoms with Gasteiger partial charge in [0.25, 0.3) is 0 Å². The molecule has 5 heteroatoms. The lowest BCUT2D eigenvalue weighted by Gasteiger charge is -2.24. The average Bonchev–Trinajstić information content (AvgIpc) is 2.90. The summed E-state index contributed by atoms with van der Waals surface area (Å²) < 4.78 is 6.67. The highest BCUT2D eigenvalue weighted by Gasteiger charge is 2.23. The van der Waals surface area contributed by atoms with Crippen molar-refractivity contribution in [2.45, 2.75) is 25.3 Å². The fourth-order valence-corrected chi connectivity index (χ4v) is 2.88. The Morgan fingerprint density at radius 1 is 1.38 bits per heavy atom. The molecule has 1 heterocycles. The van der Waals surface area contributed by atoms with E-state index >= 15 is 0 Å². The van der Waals surface area contributed by atoms with Crippen LogP contribution in [0.25, 0.3) is 0 Å². The number of methoxy groups -OCH3 is 1. The van der Waals surface area contributed by atoms with Crippen molar-refractivity contribution in [3.05, 3.63) is 47.3 Å². The molecule has 0 amide bonds. The van der Waals surface area contributed by atoms with E-state index < -0.39 is 0 Å². The molecular formula is C16H19N3O2. The van der Waals surface area contributed by atoms with Gasteiger partial charge in [0.2, 0.25) is 0 Å². The second kappa shape index (κ2) is 5.60. The Bertz CT molecular complexity index is 646. The summed E-state index contributed by atoms with van der Waals surface area (Å²) in [4.78, 5) is 11.4. The van der Waals surface area contributed by atoms with Crippen LogP contribution in [-0.4, -0.2) is 22.9 Å². The molecule has 0 radical (unpaired) electrons. The highest BCUT2D eigenvalue weighted by atomic mass is 16.5. The molecule has 1 N–H and O–H groups in total. The van der Waals surface area contributed by atoms with Crippen LogP contribution >= 0.6 is 0 Å². The van der Waals surface area contributed by atoms with Crippen LogP contribution in [0.3, 0.4) is 0 Å². The number of ether oxygens (including phenoxy) is 1. The number of hydrogen-bond acceptors (Lipinski definition) is 4. The highest BCUT2D eigenvalue weighted by Crippen LogP contribution is 2.32. The number of nitrogens with zero attached hydrogens (tertiary/aromatic N) is 2. The Kier molecular flexibility index (Phi) is 3.64. The number of aromatic nitrogens is 2. The number of carbonyl (C=O) groups is 1. The molecule has 1 unspecified atom stereocenters. The first kappa shape index (κ1) is 13.7. The largest absolute Gasteiger partial charge is 0.465 e. The lowest BCUT2D eigenvalue weighted by Crippen LogP contribution is -2.17. The molecule has 0 bridgehead atoms. The van der Waals surface area contributed by atoms with Crippen LogP contribution in [0.1, 0.15) is 40.5 Å². The monoisotopic (exact) mass is 285 g/mol. The van der Waals surface area contributed by atoms with Gasteiger partial charge in [-0.3, -0.25) is 4.68 Å². The summed E-state index contributed by atoms with van der Waals surface area (Å²) in [6.45, 7) is 0. The number of benzene rings is 1. The van der Waals surface area contributed by atoms with Crippen LogP contribution in [0, 0.1) is 0 Å². The Morgan fingerprint density at radius 3 is 2.86 bits per heavy atom. The minimum Gasteiger partial charge on any atom is -0.465 e. The predicted molar refractivity (Wildman–Crippen MR) is 80.3 cm³/mol. The molecule has 0 fully saturated rings. The lowest BCUT2D eigenvalue weighted by molar-refractivity contribution is 0.0601. The van der Waals surface area contributed by atoms with E-state index in [1.165, 1.54) is 18.4 Å². The van der Waals surface area contributed by atoms with Gasteiger partial charge < -0.3 is 10.1 Å². The van der Waals surface area contributed by atoms with Crippen molar-refractivity contribution < 1.29 is 9.53 Å². The Labute approximate surface area is 123 Å². The summed E-state index contributed by atoms with van der Waals surface area (Å²) in [5.74, 6) is -0.311. The summed E-state index contributed by atoms with van der Waals surface area (Å²) in [6, 6.07) is 7.67. The number of anilines is 1. The van der Waals surface area contributed by atoms with E-state index in [0.29, 0.717) is 5.56 Å². The molecule has 1 aromatic heterocycles. The first-order chi connectivity index (χ1) is 10.2. The summed E-state index contributed by atoms with van der Waals surface area (Å²) >= 11 is 0. The summed E-state index contributed by atoms with van der Waals surface area (Å²) in [6.07, 6.45) is 5.29. The fraction of sp³-hybridized carbons (Fsp3) is 0.375. The third kappa shape index (κ3) is 2.63. The van der Waals surface area contributed by atoms with Crippen LogP contribution < -0.4 is 5.32 Å². The molecule has 5 nitrogen and oxygen atoms in total. The van der Waals surface area contributed by atoms with Crippen LogP contribution in [0.5, 0.6) is 0 Å². The fourth-order valence-electron chi connectivity index (χ4n) is 2.88. The summed E-state index contributed by atoms with van der Waals surface area (Å²) in [5, 5.41) is 7.88. The van der Waals surface area contributed by atoms with Gasteiger partial charge in [-0.1, -0.05) is 0 Å². The van der Waals surface area contributed by atoms with E-state index in [4.69, 9.17) is 4.74 Å². The lowest BCUT2D eigenvalue weighted by atomic mass is 9.93. The van der Waals surface area contributed by atoms with E-state index in [1.807, 2.05) is 30.1 Å². The maximum absolute atomic E-state index is 11.4. The van der Waals surface area contributed by atoms with Crippen molar-refractivity contribution in [2.75, 3.05) is 12.4 Å². The molecule has 1 aliphatic carbocycles. The van der Waals surface area contributed by atoms with Crippen molar-refractivity contribution in [1.29, 1.82) is 0 Å². The number of nitrogens with one attached hydrogen (secondary N) is 1. The van der Waals surface area contributed by atoms with E-state index in [9.17, 15) is 4.79 Å². The third-order valence-electron chi connectivity index (χ3n) is 4.02. The molecule has 1 aromatic carbocycles. The van der Waals surface area contributed by atoms with Crippen molar-refractivity contribution in [2.24, 2.45) is 7.05 Å². The molecule has 0 spiro atoms. The van der Waals surface area contributed by atoms with Crippen molar-refractivity contribution >= 4 is 11.7 Å². The number of rotatable bonds is 3. The quantitative estimate of drug-likeness (QED) is 0.881. The zero-order valence-electron chi connectivity index (χ0n) is 12.3. The highest BCUT2D eigenvalue weighted by molar-refractivity contribution is 5.89. The topological polar surface area (TPSA) is 56.1 Å². The second-order valence-corrected chi connectivity index (χ2v) is 5.33. The van der Waals surface area contributed by atoms with E-state index in [2.05, 4.69) is 10.4 Å². The maximum Gasteiger partial charge on any atom is 0.337 e. The van der Waals surface area contributed by atoms with Gasteiger partial charge in [0.1, 0.15) is 0 Å². The average molecular weight is 285 g/mol. The zero-order valence-corrected chi connectivity index (χ0v) is 12.3. The first-order valence-corrected chi connectivity index (χ1v) is 7.14. The number of esters is 1. The van der Waals surface area contributed by atoms with E-state index in [-0.39, 0.29) is 12.0 Å². The number of hydrogen-bond donors (Lipinski definition) is 1. The molecular weight excluding hydrogens is 266 g/mol. The maximum atomic E-state index is 11.4. The van der Waals surface area contributed by atoms with Crippen molar-refractivity contribution in [1.82, 2.24) is 9.78 Å². The normalized spacial score (nSPS) is 17.1. The molecule has 0 saturated heterocycles. The Balaban J connectivity index is 1.77.